The van der Waals surface area contributed by atoms with Gasteiger partial charge in [0, 0.05) is 43.6 Å². The Morgan fingerprint density at radius 1 is 1.06 bits per heavy atom. The average Bonchev–Trinajstić information content (AvgIpc) is 3.01. The molecule has 0 aliphatic carbocycles. The number of aromatic nitrogens is 1. The van der Waals surface area contributed by atoms with Crippen LogP contribution in [0, 0.1) is 26.7 Å². The summed E-state index contributed by atoms with van der Waals surface area (Å²) in [5.74, 6) is 1.26. The monoisotopic (exact) mass is 464 g/mol. The number of carbonyl (C=O) groups excluding carboxylic acids is 2. The SMILES string of the molecule is Cc1cnc(N2CCN(C(=O)c3ccc(N4C(=O)OC(C)(C)[C@H]4C(C)C)cc3C)CC2)c(C)c1. The summed E-state index contributed by atoms with van der Waals surface area (Å²) in [7, 11) is 0. The second kappa shape index (κ2) is 8.93. The van der Waals surface area contributed by atoms with Crippen LogP contribution in [0.15, 0.2) is 30.5 Å². The third kappa shape index (κ3) is 4.36. The molecule has 0 saturated carbocycles. The number of carbonyl (C=O) groups is 2. The van der Waals surface area contributed by atoms with Crippen molar-refractivity contribution in [3.05, 3.63) is 52.7 Å². The summed E-state index contributed by atoms with van der Waals surface area (Å²) in [6, 6.07) is 7.72. The Bertz CT molecular complexity index is 1100. The molecule has 2 fully saturated rings. The van der Waals surface area contributed by atoms with Gasteiger partial charge in [-0.3, -0.25) is 9.69 Å². The predicted molar refractivity (Wildman–Crippen MR) is 135 cm³/mol. The van der Waals surface area contributed by atoms with E-state index in [9.17, 15) is 9.59 Å². The molecule has 0 spiro atoms. The number of amides is 2. The molecule has 4 rings (SSSR count). The number of aryl methyl sites for hydroxylation is 3. The lowest BCUT2D eigenvalue weighted by Crippen LogP contribution is -2.49. The van der Waals surface area contributed by atoms with Gasteiger partial charge in [-0.1, -0.05) is 19.9 Å². The van der Waals surface area contributed by atoms with E-state index >= 15 is 0 Å². The fourth-order valence-electron chi connectivity index (χ4n) is 5.49. The van der Waals surface area contributed by atoms with Crippen LogP contribution in [0.4, 0.5) is 16.3 Å². The Kier molecular flexibility index (Phi) is 6.32. The maximum atomic E-state index is 13.3. The molecular formula is C27H36N4O3. The van der Waals surface area contributed by atoms with Gasteiger partial charge in [-0.2, -0.15) is 0 Å². The molecule has 182 valence electrons. The highest BCUT2D eigenvalue weighted by Crippen LogP contribution is 2.38. The summed E-state index contributed by atoms with van der Waals surface area (Å²) in [4.78, 5) is 36.5. The van der Waals surface area contributed by atoms with E-state index in [2.05, 4.69) is 36.7 Å². The Morgan fingerprint density at radius 2 is 1.74 bits per heavy atom. The van der Waals surface area contributed by atoms with Crippen molar-refractivity contribution in [3.8, 4) is 0 Å². The zero-order valence-corrected chi connectivity index (χ0v) is 21.4. The van der Waals surface area contributed by atoms with E-state index in [4.69, 9.17) is 4.74 Å². The Hall–Kier alpha value is -3.09. The Balaban J connectivity index is 1.48. The van der Waals surface area contributed by atoms with E-state index in [0.29, 0.717) is 18.7 Å². The molecule has 1 aromatic carbocycles. The minimum Gasteiger partial charge on any atom is -0.441 e. The van der Waals surface area contributed by atoms with Crippen LogP contribution in [0.3, 0.4) is 0 Å². The first-order chi connectivity index (χ1) is 16.0. The number of pyridine rings is 1. The molecule has 2 aromatic rings. The van der Waals surface area contributed by atoms with Gasteiger partial charge in [-0.15, -0.1) is 0 Å². The molecule has 0 unspecified atom stereocenters. The molecule has 0 bridgehead atoms. The molecule has 0 N–H and O–H groups in total. The Labute approximate surface area is 202 Å². The maximum Gasteiger partial charge on any atom is 0.415 e. The number of ether oxygens (including phenoxy) is 1. The molecule has 2 saturated heterocycles. The van der Waals surface area contributed by atoms with Crippen LogP contribution in [0.25, 0.3) is 0 Å². The molecule has 7 heteroatoms. The number of benzene rings is 1. The van der Waals surface area contributed by atoms with Crippen LogP contribution in [-0.2, 0) is 4.74 Å². The highest BCUT2D eigenvalue weighted by molar-refractivity contribution is 5.97. The molecule has 2 aliphatic heterocycles. The molecule has 1 atom stereocenters. The van der Waals surface area contributed by atoms with E-state index in [-0.39, 0.29) is 24.0 Å². The van der Waals surface area contributed by atoms with E-state index < -0.39 is 5.60 Å². The first-order valence-corrected chi connectivity index (χ1v) is 12.1. The van der Waals surface area contributed by atoms with Gasteiger partial charge in [-0.05, 0) is 75.4 Å². The first kappa shape index (κ1) is 24.0. The molecule has 1 aromatic heterocycles. The second-order valence-corrected chi connectivity index (χ2v) is 10.5. The number of hydrogen-bond donors (Lipinski definition) is 0. The number of anilines is 2. The van der Waals surface area contributed by atoms with Gasteiger partial charge in [0.2, 0.25) is 0 Å². The van der Waals surface area contributed by atoms with Gasteiger partial charge in [-0.25, -0.2) is 9.78 Å². The number of rotatable bonds is 4. The summed E-state index contributed by atoms with van der Waals surface area (Å²) in [6.07, 6.45) is 1.56. The van der Waals surface area contributed by atoms with Crippen molar-refractivity contribution in [2.45, 2.75) is 60.1 Å². The second-order valence-electron chi connectivity index (χ2n) is 10.5. The fraction of sp³-hybridized carbons (Fsp3) is 0.519. The molecular weight excluding hydrogens is 428 g/mol. The van der Waals surface area contributed by atoms with E-state index in [1.54, 1.807) is 4.90 Å². The lowest BCUT2D eigenvalue weighted by Gasteiger charge is -2.36. The molecule has 2 aliphatic rings. The van der Waals surface area contributed by atoms with Gasteiger partial charge >= 0.3 is 6.09 Å². The van der Waals surface area contributed by atoms with Gasteiger partial charge in [0.15, 0.2) is 0 Å². The molecule has 3 heterocycles. The van der Waals surface area contributed by atoms with Gasteiger partial charge in [0.25, 0.3) is 5.91 Å². The van der Waals surface area contributed by atoms with Crippen LogP contribution < -0.4 is 9.80 Å². The number of nitrogens with zero attached hydrogens (tertiary/aromatic N) is 4. The highest BCUT2D eigenvalue weighted by Gasteiger charge is 2.49. The minimum atomic E-state index is -0.571. The van der Waals surface area contributed by atoms with Gasteiger partial charge < -0.3 is 14.5 Å². The number of hydrogen-bond acceptors (Lipinski definition) is 5. The van der Waals surface area contributed by atoms with Crippen molar-refractivity contribution in [2.24, 2.45) is 5.92 Å². The standard InChI is InChI=1S/C27H36N4O3/c1-17(2)23-27(6,7)34-26(33)31(23)21-8-9-22(19(4)15-21)25(32)30-12-10-29(11-13-30)24-20(5)14-18(3)16-28-24/h8-9,14-17,23H,10-13H2,1-7H3/t23-/m1/s1. The largest absolute Gasteiger partial charge is 0.441 e. The van der Waals surface area contributed by atoms with Crippen molar-refractivity contribution in [1.82, 2.24) is 9.88 Å². The third-order valence-electron chi connectivity index (χ3n) is 6.94. The summed E-state index contributed by atoms with van der Waals surface area (Å²) in [5, 5.41) is 0. The fourth-order valence-corrected chi connectivity index (χ4v) is 5.49. The third-order valence-corrected chi connectivity index (χ3v) is 6.94. The molecule has 7 nitrogen and oxygen atoms in total. The summed E-state index contributed by atoms with van der Waals surface area (Å²) in [5.41, 5.74) is 4.05. The number of cyclic esters (lactones) is 1. The van der Waals surface area contributed by atoms with Crippen LogP contribution in [0.5, 0.6) is 0 Å². The molecule has 0 radical (unpaired) electrons. The molecule has 2 amide bonds. The van der Waals surface area contributed by atoms with Crippen LogP contribution in [0.2, 0.25) is 0 Å². The molecule has 34 heavy (non-hydrogen) atoms. The zero-order chi connectivity index (χ0) is 24.8. The number of piperazine rings is 1. The topological polar surface area (TPSA) is 66.0 Å². The average molecular weight is 465 g/mol. The van der Waals surface area contributed by atoms with E-state index in [1.165, 1.54) is 0 Å². The van der Waals surface area contributed by atoms with E-state index in [0.717, 1.165) is 41.3 Å². The normalized spacial score (nSPS) is 20.2. The van der Waals surface area contributed by atoms with Crippen LogP contribution in [-0.4, -0.2) is 59.7 Å². The summed E-state index contributed by atoms with van der Waals surface area (Å²) < 4.78 is 5.67. The summed E-state index contributed by atoms with van der Waals surface area (Å²) >= 11 is 0. The van der Waals surface area contributed by atoms with E-state index in [1.807, 2.05) is 57.0 Å². The maximum absolute atomic E-state index is 13.3. The Morgan fingerprint density at radius 3 is 2.32 bits per heavy atom. The van der Waals surface area contributed by atoms with Crippen molar-refractivity contribution in [3.63, 3.8) is 0 Å². The van der Waals surface area contributed by atoms with Crippen molar-refractivity contribution in [2.75, 3.05) is 36.0 Å². The van der Waals surface area contributed by atoms with Gasteiger partial charge in [0.05, 0.1) is 6.04 Å². The predicted octanol–water partition coefficient (Wildman–Crippen LogP) is 4.73. The summed E-state index contributed by atoms with van der Waals surface area (Å²) in [6.45, 7) is 17.0. The smallest absolute Gasteiger partial charge is 0.415 e. The van der Waals surface area contributed by atoms with Crippen LogP contribution >= 0.6 is 0 Å². The van der Waals surface area contributed by atoms with Crippen molar-refractivity contribution < 1.29 is 14.3 Å². The first-order valence-electron chi connectivity index (χ1n) is 12.1. The van der Waals surface area contributed by atoms with Crippen molar-refractivity contribution in [1.29, 1.82) is 0 Å². The van der Waals surface area contributed by atoms with Crippen LogP contribution in [0.1, 0.15) is 54.7 Å². The van der Waals surface area contributed by atoms with Crippen molar-refractivity contribution >= 4 is 23.5 Å². The van der Waals surface area contributed by atoms with Gasteiger partial charge in [0.1, 0.15) is 11.4 Å². The lowest BCUT2D eigenvalue weighted by molar-refractivity contribution is 0.0592. The lowest BCUT2D eigenvalue weighted by atomic mass is 9.88. The quantitative estimate of drug-likeness (QED) is 0.655. The highest BCUT2D eigenvalue weighted by atomic mass is 16.6. The zero-order valence-electron chi connectivity index (χ0n) is 21.4. The minimum absolute atomic E-state index is 0.0297.